The van der Waals surface area contributed by atoms with E-state index in [9.17, 15) is 22.8 Å². The van der Waals surface area contributed by atoms with Crippen LogP contribution in [0.1, 0.15) is 6.42 Å². The van der Waals surface area contributed by atoms with Gasteiger partial charge in [-0.2, -0.15) is 0 Å². The second-order valence-electron chi connectivity index (χ2n) is 5.64. The smallest absolute Gasteiger partial charge is 0.317 e. The predicted octanol–water partition coefficient (Wildman–Crippen LogP) is -1.96. The molecule has 2 saturated heterocycles. The third-order valence-electron chi connectivity index (χ3n) is 4.01. The number of carboxylic acid groups (broad SMARTS) is 2. The minimum atomic E-state index is -3.35. The molecule has 2 aliphatic heterocycles. The first-order chi connectivity index (χ1) is 10.7. The highest BCUT2D eigenvalue weighted by atomic mass is 32.2. The summed E-state index contributed by atoms with van der Waals surface area (Å²) in [6.45, 7) is 0.136. The monoisotopic (exact) mass is 349 g/mol. The molecule has 3 N–H and O–H groups in total. The van der Waals surface area contributed by atoms with E-state index < -0.39 is 39.9 Å². The maximum Gasteiger partial charge on any atom is 0.317 e. The number of carbonyl (C=O) groups is 3. The zero-order valence-electron chi connectivity index (χ0n) is 12.3. The molecule has 0 spiro atoms. The Kier molecular flexibility index (Phi) is 5.09. The van der Waals surface area contributed by atoms with Crippen LogP contribution in [0.2, 0.25) is 0 Å². The topological polar surface area (TPSA) is 144 Å². The molecule has 130 valence electrons. The van der Waals surface area contributed by atoms with Crippen LogP contribution in [0.3, 0.4) is 0 Å². The highest BCUT2D eigenvalue weighted by molar-refractivity contribution is 7.91. The quantitative estimate of drug-likeness (QED) is 0.519. The van der Waals surface area contributed by atoms with Gasteiger partial charge in [-0.15, -0.1) is 0 Å². The lowest BCUT2D eigenvalue weighted by molar-refractivity contribution is -0.139. The first kappa shape index (κ1) is 17.5. The van der Waals surface area contributed by atoms with Gasteiger partial charge in [0.2, 0.25) is 0 Å². The van der Waals surface area contributed by atoms with Gasteiger partial charge in [0.15, 0.2) is 9.84 Å². The molecule has 23 heavy (non-hydrogen) atoms. The minimum Gasteiger partial charge on any atom is -0.481 e. The Labute approximate surface area is 133 Å². The van der Waals surface area contributed by atoms with E-state index >= 15 is 0 Å². The van der Waals surface area contributed by atoms with E-state index in [0.29, 0.717) is 0 Å². The van der Waals surface area contributed by atoms with Crippen LogP contribution in [0.5, 0.6) is 0 Å². The number of nitrogens with one attached hydrogen (secondary N) is 1. The second-order valence-corrected chi connectivity index (χ2v) is 7.80. The van der Waals surface area contributed by atoms with Gasteiger partial charge in [0.1, 0.15) is 0 Å². The van der Waals surface area contributed by atoms with E-state index in [1.54, 1.807) is 4.90 Å². The summed E-state index contributed by atoms with van der Waals surface area (Å²) in [5.41, 5.74) is 0. The van der Waals surface area contributed by atoms with Crippen molar-refractivity contribution < 1.29 is 33.0 Å². The predicted molar refractivity (Wildman–Crippen MR) is 77.8 cm³/mol. The van der Waals surface area contributed by atoms with Gasteiger partial charge in [-0.25, -0.2) is 13.2 Å². The fourth-order valence-corrected chi connectivity index (χ4v) is 5.04. The van der Waals surface area contributed by atoms with Crippen LogP contribution in [-0.4, -0.2) is 96.2 Å². The van der Waals surface area contributed by atoms with Crippen molar-refractivity contribution in [1.29, 1.82) is 0 Å². The lowest BCUT2D eigenvalue weighted by Gasteiger charge is -2.43. The molecule has 0 bridgehead atoms. The van der Waals surface area contributed by atoms with Crippen molar-refractivity contribution in [3.05, 3.63) is 0 Å². The van der Waals surface area contributed by atoms with Gasteiger partial charge in [0.25, 0.3) is 0 Å². The maximum atomic E-state index is 12.2. The third-order valence-corrected chi connectivity index (χ3v) is 5.70. The Hall–Kier alpha value is -1.88. The lowest BCUT2D eigenvalue weighted by atomic mass is 10.1. The number of fused-ring (bicyclic) bond motifs is 1. The summed E-state index contributed by atoms with van der Waals surface area (Å²) in [4.78, 5) is 36.5. The van der Waals surface area contributed by atoms with Crippen LogP contribution >= 0.6 is 0 Å². The van der Waals surface area contributed by atoms with E-state index in [1.807, 2.05) is 0 Å². The summed E-state index contributed by atoms with van der Waals surface area (Å²) in [5, 5.41) is 19.9. The standard InChI is InChI=1S/C12H19N3O7S/c16-10(17)1-2-13-12(20)15-4-3-14(5-11(18)19)8-6-23(21,22)7-9(8)15/h8-9H,1-7H2,(H,13,20)(H,16,17)(H,18,19)/t8-,9+/m0/s1. The van der Waals surface area contributed by atoms with Crippen molar-refractivity contribution >= 4 is 27.8 Å². The average Bonchev–Trinajstić information content (AvgIpc) is 2.73. The van der Waals surface area contributed by atoms with Crippen LogP contribution in [0, 0.1) is 0 Å². The van der Waals surface area contributed by atoms with E-state index in [2.05, 4.69) is 5.32 Å². The largest absolute Gasteiger partial charge is 0.481 e. The summed E-state index contributed by atoms with van der Waals surface area (Å²) in [7, 11) is -3.35. The number of hydrogen-bond donors (Lipinski definition) is 3. The highest BCUT2D eigenvalue weighted by Gasteiger charge is 2.48. The molecule has 2 atom stereocenters. The van der Waals surface area contributed by atoms with Gasteiger partial charge < -0.3 is 20.4 Å². The first-order valence-corrected chi connectivity index (χ1v) is 8.94. The van der Waals surface area contributed by atoms with Crippen molar-refractivity contribution in [2.45, 2.75) is 18.5 Å². The molecule has 0 radical (unpaired) electrons. The van der Waals surface area contributed by atoms with Gasteiger partial charge in [0, 0.05) is 25.7 Å². The van der Waals surface area contributed by atoms with E-state index in [-0.39, 0.29) is 44.1 Å². The van der Waals surface area contributed by atoms with Crippen molar-refractivity contribution in [3.63, 3.8) is 0 Å². The first-order valence-electron chi connectivity index (χ1n) is 7.12. The SMILES string of the molecule is O=C(O)CCNC(=O)N1CCN(CC(=O)O)[C@H]2CS(=O)(=O)C[C@H]21. The van der Waals surface area contributed by atoms with Gasteiger partial charge in [-0.3, -0.25) is 14.5 Å². The molecule has 0 unspecified atom stereocenters. The molecule has 2 aliphatic rings. The number of aliphatic carboxylic acids is 2. The Morgan fingerprint density at radius 3 is 2.30 bits per heavy atom. The number of rotatable bonds is 5. The second kappa shape index (κ2) is 6.71. The van der Waals surface area contributed by atoms with E-state index in [0.717, 1.165) is 0 Å². The summed E-state index contributed by atoms with van der Waals surface area (Å²) in [6.07, 6.45) is -0.225. The lowest BCUT2D eigenvalue weighted by Crippen LogP contribution is -2.63. The van der Waals surface area contributed by atoms with Crippen molar-refractivity contribution in [2.24, 2.45) is 0 Å². The van der Waals surface area contributed by atoms with Crippen molar-refractivity contribution in [2.75, 3.05) is 37.7 Å². The Morgan fingerprint density at radius 1 is 1.04 bits per heavy atom. The molecule has 2 fully saturated rings. The molecule has 11 heteroatoms. The molecule has 0 aromatic carbocycles. The van der Waals surface area contributed by atoms with E-state index in [4.69, 9.17) is 10.2 Å². The molecule has 2 amide bonds. The number of sulfone groups is 1. The molecular formula is C12H19N3O7S. The Morgan fingerprint density at radius 2 is 1.70 bits per heavy atom. The summed E-state index contributed by atoms with van der Waals surface area (Å²) >= 11 is 0. The summed E-state index contributed by atoms with van der Waals surface area (Å²) < 4.78 is 23.8. The normalized spacial score (nSPS) is 26.5. The Balaban J connectivity index is 2.07. The third kappa shape index (κ3) is 4.32. The number of urea groups is 1. The van der Waals surface area contributed by atoms with Gasteiger partial charge in [-0.05, 0) is 0 Å². The zero-order chi connectivity index (χ0) is 17.2. The van der Waals surface area contributed by atoms with Crippen LogP contribution in [0.25, 0.3) is 0 Å². The van der Waals surface area contributed by atoms with Crippen LogP contribution in [-0.2, 0) is 19.4 Å². The molecular weight excluding hydrogens is 330 g/mol. The van der Waals surface area contributed by atoms with Crippen LogP contribution < -0.4 is 5.32 Å². The minimum absolute atomic E-state index is 0.0480. The van der Waals surface area contributed by atoms with Crippen LogP contribution in [0.4, 0.5) is 4.79 Å². The molecule has 2 rings (SSSR count). The van der Waals surface area contributed by atoms with Crippen molar-refractivity contribution in [3.8, 4) is 0 Å². The molecule has 10 nitrogen and oxygen atoms in total. The number of piperazine rings is 1. The Bertz CT molecular complexity index is 606. The summed E-state index contributed by atoms with van der Waals surface area (Å²) in [6, 6.07) is -1.68. The number of carbonyl (C=O) groups excluding carboxylic acids is 1. The van der Waals surface area contributed by atoms with Crippen LogP contribution in [0.15, 0.2) is 0 Å². The zero-order valence-corrected chi connectivity index (χ0v) is 13.2. The average molecular weight is 349 g/mol. The van der Waals surface area contributed by atoms with Gasteiger partial charge in [0.05, 0.1) is 30.5 Å². The summed E-state index contributed by atoms with van der Waals surface area (Å²) in [5.74, 6) is -2.48. The number of amides is 2. The molecule has 0 aliphatic carbocycles. The highest BCUT2D eigenvalue weighted by Crippen LogP contribution is 2.26. The number of hydrogen-bond acceptors (Lipinski definition) is 6. The van der Waals surface area contributed by atoms with Gasteiger partial charge >= 0.3 is 18.0 Å². The fourth-order valence-electron chi connectivity index (χ4n) is 3.02. The van der Waals surface area contributed by atoms with E-state index in [1.165, 1.54) is 4.90 Å². The molecule has 2 heterocycles. The fraction of sp³-hybridized carbons (Fsp3) is 0.750. The maximum absolute atomic E-state index is 12.2. The molecule has 0 aromatic heterocycles. The van der Waals surface area contributed by atoms with Crippen molar-refractivity contribution in [1.82, 2.24) is 15.1 Å². The number of carboxylic acids is 2. The molecule has 0 saturated carbocycles. The van der Waals surface area contributed by atoms with Gasteiger partial charge in [-0.1, -0.05) is 0 Å². The number of nitrogens with zero attached hydrogens (tertiary/aromatic N) is 2. The molecule has 0 aromatic rings.